The lowest BCUT2D eigenvalue weighted by molar-refractivity contribution is 0.0695. The summed E-state index contributed by atoms with van der Waals surface area (Å²) in [5.41, 5.74) is 60.2. The van der Waals surface area contributed by atoms with E-state index >= 15 is 0 Å². The quantitative estimate of drug-likeness (QED) is 0.0257. The Morgan fingerprint density at radius 2 is 0.597 bits per heavy atom. The summed E-state index contributed by atoms with van der Waals surface area (Å²) in [5, 5.41) is 33.6. The zero-order valence-electron chi connectivity index (χ0n) is 90.0. The topological polar surface area (TPSA) is 497 Å². The van der Waals surface area contributed by atoms with Gasteiger partial charge in [-0.1, -0.05) is 243 Å². The number of aryl methyl sites for hydroxylation is 14. The Morgan fingerprint density at radius 3 is 0.906 bits per heavy atom. The standard InChI is InChI=1S/C16H19N7S.C16H18N4S.C16H21N3O2S.C16H19N3O2S.C16H21N3S.C15H18BrN3S.C15H18ClN3S/c1-8(2)11-5-9(3)12(16-20-22-23-21-16)6-13(11)24-14-7-18-10(4)19-15(14)17;1-9(2)13-5-10(3)12(7-17)6-14(13)21-15-8-19-11(4)20-16(15)18;1-9(2)11-6-12(20-4)13(21-5)7-14(11)22-15-8-18-10(3)19-16(15)17;1-8(2)11-5-9(3)12(16(20)21)6-13(11)22-14-7-18-10(4)19-15(14)17;1-9(2)13-6-10(3)11(4)7-14(13)20-15-8-18-12(5)19-16(15)17;2*1-8(2)11-5-9(3)12(16)6-13(11)20-14-7-18-10(4)19-15(14)17/h5-8H,1-4H3,(H2,17,18,19)(H,20,21,22,23);5-6,8-9H,1-4H3,(H2,18,19,20);6-9H,1-5H3,(H2,17,18,19);5-8H,1-4H3,(H,20,21)(H2,17,18,19);6-9H,1-5H3,(H2,17,18,19);2*5-8H,1-4H3,(H2,17,18,19). The van der Waals surface area contributed by atoms with Gasteiger partial charge in [0.25, 0.3) is 0 Å². The number of H-pyrrole nitrogens is 1. The molecule has 16 N–H and O–H groups in total. The summed E-state index contributed by atoms with van der Waals surface area (Å²) in [6.45, 7) is 57.2. The number of hydrogen-bond donors (Lipinski definition) is 9. The molecule has 0 radical (unpaired) electrons. The lowest BCUT2D eigenvalue weighted by atomic mass is 9.97. The third kappa shape index (κ3) is 33.8. The Kier molecular flexibility index (Phi) is 44.6. The summed E-state index contributed by atoms with van der Waals surface area (Å²) in [6.07, 6.45) is 12.3. The number of nitrogen functional groups attached to an aromatic ring is 7. The first-order valence-electron chi connectivity index (χ1n) is 47.9. The molecule has 0 aliphatic heterocycles. The van der Waals surface area contributed by atoms with Gasteiger partial charge in [0.15, 0.2) is 11.5 Å². The lowest BCUT2D eigenvalue weighted by Gasteiger charge is -2.17. The second-order valence-electron chi connectivity index (χ2n) is 37.2. The maximum atomic E-state index is 11.4. The van der Waals surface area contributed by atoms with Crippen LogP contribution in [-0.4, -0.2) is 116 Å². The number of anilines is 7. The van der Waals surface area contributed by atoms with Crippen LogP contribution in [0.25, 0.3) is 11.4 Å². The zero-order chi connectivity index (χ0) is 110. The van der Waals surface area contributed by atoms with Crippen molar-refractivity contribution in [1.82, 2.24) is 90.4 Å². The number of benzene rings is 7. The molecule has 30 nitrogen and oxygen atoms in total. The zero-order valence-corrected chi connectivity index (χ0v) is 98.1. The molecule has 0 saturated heterocycles. The Morgan fingerprint density at radius 1 is 0.336 bits per heavy atom. The number of carboxylic acid groups (broad SMARTS) is 1. The first kappa shape index (κ1) is 120. The van der Waals surface area contributed by atoms with Crippen LogP contribution in [0.3, 0.4) is 0 Å². The highest BCUT2D eigenvalue weighted by atomic mass is 79.9. The molecule has 0 unspecified atom stereocenters. The van der Waals surface area contributed by atoms with Crippen LogP contribution in [0.4, 0.5) is 40.7 Å². The number of methoxy groups -OCH3 is 2. The predicted molar refractivity (Wildman–Crippen MR) is 615 cm³/mol. The SMILES string of the molecule is COc1cc(Sc2cnc(C)nc2N)c(C(C)C)cc1OC.Cc1ncc(Sc2cc(-c3nn[nH]n3)c(C)cc2C(C)C)c(N)n1.Cc1ncc(Sc2cc(Br)c(C)cc2C(C)C)c(N)n1.Cc1ncc(Sc2cc(C#N)c(C)cc2C(C)C)c(N)n1.Cc1ncc(Sc2cc(C(=O)O)c(C)cc2C(C)C)c(N)n1.Cc1ncc(Sc2cc(C)c(C)cc2C(C)C)c(N)n1.Cc1ncc(Sc2cc(Cl)c(C)cc2C(C)C)c(N)n1. The largest absolute Gasteiger partial charge is 0.493 e. The molecule has 0 aliphatic rings. The van der Waals surface area contributed by atoms with Gasteiger partial charge in [0.1, 0.15) is 81.5 Å². The van der Waals surface area contributed by atoms with Gasteiger partial charge in [-0.2, -0.15) is 10.5 Å². The first-order valence-corrected chi connectivity index (χ1v) is 54.8. The fraction of sp³-hybridized carbons (Fsp3) is 0.336. The van der Waals surface area contributed by atoms with E-state index < -0.39 is 5.97 Å². The van der Waals surface area contributed by atoms with Crippen LogP contribution in [0.15, 0.2) is 201 Å². The summed E-state index contributed by atoms with van der Waals surface area (Å²) < 4.78 is 11.9. The minimum Gasteiger partial charge on any atom is -0.493 e. The fourth-order valence-corrected chi connectivity index (χ4v) is 22.9. The van der Waals surface area contributed by atoms with Crippen LogP contribution in [-0.2, 0) is 0 Å². The molecule has 15 aromatic rings. The molecule has 0 spiro atoms. The van der Waals surface area contributed by atoms with Crippen molar-refractivity contribution in [1.29, 1.82) is 5.26 Å². The predicted octanol–water partition coefficient (Wildman–Crippen LogP) is 27.8. The van der Waals surface area contributed by atoms with E-state index in [0.29, 0.717) is 140 Å². The van der Waals surface area contributed by atoms with Crippen molar-refractivity contribution in [3.8, 4) is 29.0 Å². The van der Waals surface area contributed by atoms with E-state index in [1.165, 1.54) is 83.4 Å². The molecular weight excluding hydrogens is 2090 g/mol. The molecule has 15 rings (SSSR count). The lowest BCUT2D eigenvalue weighted by Crippen LogP contribution is -2.04. The number of ether oxygens (including phenoxy) is 2. The number of aromatic nitrogens is 18. The maximum absolute atomic E-state index is 11.4. The number of aromatic amines is 1. The van der Waals surface area contributed by atoms with Gasteiger partial charge in [0, 0.05) is 92.7 Å². The number of halogens is 2. The van der Waals surface area contributed by atoms with Crippen LogP contribution < -0.4 is 49.6 Å². The third-order valence-electron chi connectivity index (χ3n) is 22.9. The smallest absolute Gasteiger partial charge is 0.335 e. The Hall–Kier alpha value is -12.5. The summed E-state index contributed by atoms with van der Waals surface area (Å²) in [5.74, 6) is 11.9. The third-order valence-corrected chi connectivity index (χ3v) is 32.0. The Bertz CT molecular complexity index is 7030. The molecule has 784 valence electrons. The second-order valence-corrected chi connectivity index (χ2v) is 46.1. The number of nitrogens with one attached hydrogen (secondary N) is 1. The molecule has 7 aromatic carbocycles. The average Bonchev–Trinajstić information content (AvgIpc) is 1.80. The monoisotopic (exact) mass is 2220 g/mol. The van der Waals surface area contributed by atoms with Crippen molar-refractivity contribution < 1.29 is 19.4 Å². The fourth-order valence-electron chi connectivity index (χ4n) is 14.6. The Labute approximate surface area is 918 Å². The van der Waals surface area contributed by atoms with Crippen LogP contribution in [0, 0.1) is 108 Å². The van der Waals surface area contributed by atoms with Gasteiger partial charge in [0.2, 0.25) is 5.82 Å². The number of nitrogens with two attached hydrogens (primary N) is 7. The highest BCUT2D eigenvalue weighted by Crippen LogP contribution is 2.48. The van der Waals surface area contributed by atoms with Gasteiger partial charge in [-0.3, -0.25) is 0 Å². The van der Waals surface area contributed by atoms with Crippen molar-refractivity contribution >= 4 is 157 Å². The molecule has 39 heteroatoms. The number of tetrazole rings is 1. The highest BCUT2D eigenvalue weighted by Gasteiger charge is 2.25. The van der Waals surface area contributed by atoms with Gasteiger partial charge in [-0.15, -0.1) is 10.2 Å². The molecular formula is C110H134BrClN26O4S7. The van der Waals surface area contributed by atoms with Crippen molar-refractivity contribution in [3.63, 3.8) is 0 Å². The van der Waals surface area contributed by atoms with E-state index in [2.05, 4.69) is 286 Å². The number of rotatable bonds is 25. The summed E-state index contributed by atoms with van der Waals surface area (Å²) in [6, 6.07) is 31.1. The number of hydrogen-bond acceptors (Lipinski definition) is 35. The van der Waals surface area contributed by atoms with E-state index in [0.717, 1.165) is 107 Å². The number of nitrogens with zero attached hydrogens (tertiary/aromatic N) is 18. The highest BCUT2D eigenvalue weighted by molar-refractivity contribution is 9.10. The number of carbonyl (C=O) groups is 1. The van der Waals surface area contributed by atoms with Gasteiger partial charge in [0.05, 0.1) is 65.7 Å². The van der Waals surface area contributed by atoms with Crippen LogP contribution in [0.5, 0.6) is 11.5 Å². The molecule has 0 atom stereocenters. The maximum Gasteiger partial charge on any atom is 0.335 e. The number of nitriles is 1. The molecule has 0 amide bonds. The van der Waals surface area contributed by atoms with Crippen LogP contribution in [0.2, 0.25) is 5.02 Å². The van der Waals surface area contributed by atoms with Crippen molar-refractivity contribution in [2.24, 2.45) is 0 Å². The van der Waals surface area contributed by atoms with Crippen LogP contribution >= 0.6 is 110 Å². The summed E-state index contributed by atoms with van der Waals surface area (Å²) in [7, 11) is 3.27. The average molecular weight is 2220 g/mol. The minimum absolute atomic E-state index is 0.275. The van der Waals surface area contributed by atoms with Gasteiger partial charge in [-0.05, 0) is 270 Å². The molecule has 0 bridgehead atoms. The molecule has 0 fully saturated rings. The van der Waals surface area contributed by atoms with Crippen molar-refractivity contribution in [3.05, 3.63) is 268 Å². The van der Waals surface area contributed by atoms with Crippen molar-refractivity contribution in [2.45, 2.75) is 304 Å². The molecule has 8 heterocycles. The number of aromatic carboxylic acids is 1. The first-order chi connectivity index (χ1) is 70.3. The van der Waals surface area contributed by atoms with E-state index in [9.17, 15) is 15.2 Å². The second kappa shape index (κ2) is 55.4. The van der Waals surface area contributed by atoms with E-state index in [1.54, 1.807) is 123 Å². The van der Waals surface area contributed by atoms with E-state index in [1.807, 2.05) is 98.8 Å². The number of carboxylic acids is 1. The van der Waals surface area contributed by atoms with Gasteiger partial charge in [-0.25, -0.2) is 74.6 Å². The molecule has 0 aliphatic carbocycles. The van der Waals surface area contributed by atoms with E-state index in [4.69, 9.17) is 61.2 Å². The summed E-state index contributed by atoms with van der Waals surface area (Å²) >= 11 is 20.7. The minimum atomic E-state index is -0.928. The van der Waals surface area contributed by atoms with Crippen molar-refractivity contribution in [2.75, 3.05) is 54.4 Å². The van der Waals surface area contributed by atoms with Gasteiger partial charge >= 0.3 is 5.97 Å². The molecule has 149 heavy (non-hydrogen) atoms. The Balaban J connectivity index is 0.000000193. The summed E-state index contributed by atoms with van der Waals surface area (Å²) in [4.78, 5) is 83.8. The molecule has 8 aromatic heterocycles. The van der Waals surface area contributed by atoms with Gasteiger partial charge < -0.3 is 54.7 Å². The van der Waals surface area contributed by atoms with E-state index in [-0.39, 0.29) is 5.92 Å². The normalized spacial score (nSPS) is 11.0. The van der Waals surface area contributed by atoms with Crippen LogP contribution in [0.1, 0.15) is 273 Å². The molecule has 0 saturated carbocycles.